The summed E-state index contributed by atoms with van der Waals surface area (Å²) in [5.74, 6) is 0.237. The van der Waals surface area contributed by atoms with Crippen molar-refractivity contribution < 1.29 is 9.84 Å². The lowest BCUT2D eigenvalue weighted by atomic mass is 10.2. The van der Waals surface area contributed by atoms with Gasteiger partial charge in [0, 0.05) is 18.2 Å². The van der Waals surface area contributed by atoms with Crippen LogP contribution in [0.2, 0.25) is 0 Å². The molecule has 2 atom stereocenters. The minimum atomic E-state index is -0.774. The SMILES string of the molecule is C=C1O[C@H](n2cc(C)c(=O)[nH]c2=O)C[C@H]1O. The van der Waals surface area contributed by atoms with E-state index in [1.165, 1.54) is 10.8 Å². The number of aromatic amines is 1. The van der Waals surface area contributed by atoms with E-state index in [0.29, 0.717) is 5.56 Å². The predicted octanol–water partition coefficient (Wildman–Crippen LogP) is -0.361. The van der Waals surface area contributed by atoms with Gasteiger partial charge in [0.05, 0.1) is 0 Å². The molecule has 0 radical (unpaired) electrons. The lowest BCUT2D eigenvalue weighted by Gasteiger charge is -2.13. The second-order valence-corrected chi connectivity index (χ2v) is 3.77. The fourth-order valence-corrected chi connectivity index (χ4v) is 1.59. The lowest BCUT2D eigenvalue weighted by molar-refractivity contribution is 0.0932. The number of nitrogens with one attached hydrogen (secondary N) is 1. The van der Waals surface area contributed by atoms with E-state index in [4.69, 9.17) is 4.74 Å². The van der Waals surface area contributed by atoms with E-state index in [0.717, 1.165) is 0 Å². The summed E-state index contributed by atoms with van der Waals surface area (Å²) in [6.45, 7) is 5.11. The zero-order valence-corrected chi connectivity index (χ0v) is 8.77. The number of nitrogens with zero attached hydrogens (tertiary/aromatic N) is 1. The summed E-state index contributed by atoms with van der Waals surface area (Å²) < 4.78 is 6.48. The Hall–Kier alpha value is -1.82. The Kier molecular flexibility index (Phi) is 2.43. The van der Waals surface area contributed by atoms with E-state index in [2.05, 4.69) is 11.6 Å². The normalized spacial score (nSPS) is 24.5. The highest BCUT2D eigenvalue weighted by Crippen LogP contribution is 2.28. The average molecular weight is 224 g/mol. The molecule has 0 unspecified atom stereocenters. The molecule has 1 saturated heterocycles. The topological polar surface area (TPSA) is 84.3 Å². The Morgan fingerprint density at radius 3 is 2.88 bits per heavy atom. The van der Waals surface area contributed by atoms with Crippen LogP contribution in [0.5, 0.6) is 0 Å². The molecule has 0 amide bonds. The van der Waals surface area contributed by atoms with Crippen molar-refractivity contribution in [2.75, 3.05) is 0 Å². The molecule has 0 aromatic carbocycles. The van der Waals surface area contributed by atoms with Gasteiger partial charge in [-0.1, -0.05) is 6.58 Å². The largest absolute Gasteiger partial charge is 0.472 e. The minimum Gasteiger partial charge on any atom is -0.472 e. The van der Waals surface area contributed by atoms with Gasteiger partial charge in [-0.25, -0.2) is 4.79 Å². The Bertz CT molecular complexity index is 542. The van der Waals surface area contributed by atoms with Crippen LogP contribution in [0.25, 0.3) is 0 Å². The van der Waals surface area contributed by atoms with E-state index in [1.54, 1.807) is 6.92 Å². The van der Waals surface area contributed by atoms with Gasteiger partial charge in [-0.2, -0.15) is 0 Å². The van der Waals surface area contributed by atoms with Crippen molar-refractivity contribution in [1.29, 1.82) is 0 Å². The van der Waals surface area contributed by atoms with Crippen molar-refractivity contribution in [3.8, 4) is 0 Å². The Morgan fingerprint density at radius 1 is 1.62 bits per heavy atom. The molecule has 6 heteroatoms. The molecule has 1 aromatic heterocycles. The first-order chi connectivity index (χ1) is 7.49. The zero-order chi connectivity index (χ0) is 11.9. The van der Waals surface area contributed by atoms with Crippen molar-refractivity contribution in [2.24, 2.45) is 0 Å². The number of aryl methyl sites for hydroxylation is 1. The lowest BCUT2D eigenvalue weighted by Crippen LogP contribution is -2.33. The molecule has 1 aliphatic heterocycles. The Balaban J connectivity index is 2.43. The van der Waals surface area contributed by atoms with Crippen LogP contribution in [-0.2, 0) is 4.74 Å². The van der Waals surface area contributed by atoms with Gasteiger partial charge < -0.3 is 9.84 Å². The molecule has 0 aliphatic carbocycles. The molecule has 0 spiro atoms. The minimum absolute atomic E-state index is 0.237. The molecule has 16 heavy (non-hydrogen) atoms. The molecule has 0 bridgehead atoms. The van der Waals surface area contributed by atoms with Crippen LogP contribution in [0.4, 0.5) is 0 Å². The van der Waals surface area contributed by atoms with Gasteiger partial charge in [0.2, 0.25) is 0 Å². The summed E-state index contributed by atoms with van der Waals surface area (Å²) in [7, 11) is 0. The smallest absolute Gasteiger partial charge is 0.331 e. The fraction of sp³-hybridized carbons (Fsp3) is 0.400. The number of aliphatic hydroxyl groups is 1. The highest BCUT2D eigenvalue weighted by Gasteiger charge is 2.30. The first-order valence-electron chi connectivity index (χ1n) is 4.84. The van der Waals surface area contributed by atoms with Gasteiger partial charge in [0.25, 0.3) is 5.56 Å². The van der Waals surface area contributed by atoms with Crippen molar-refractivity contribution in [2.45, 2.75) is 25.7 Å². The second-order valence-electron chi connectivity index (χ2n) is 3.77. The second kappa shape index (κ2) is 3.64. The molecule has 2 rings (SSSR count). The van der Waals surface area contributed by atoms with E-state index >= 15 is 0 Å². The first kappa shape index (κ1) is 10.7. The highest BCUT2D eigenvalue weighted by molar-refractivity contribution is 5.04. The summed E-state index contributed by atoms with van der Waals surface area (Å²) in [6, 6.07) is 0. The van der Waals surface area contributed by atoms with E-state index < -0.39 is 23.6 Å². The average Bonchev–Trinajstić information content (AvgIpc) is 2.53. The van der Waals surface area contributed by atoms with Gasteiger partial charge in [0.1, 0.15) is 11.9 Å². The zero-order valence-electron chi connectivity index (χ0n) is 8.77. The molecule has 6 nitrogen and oxygen atoms in total. The van der Waals surface area contributed by atoms with Crippen LogP contribution in [0.1, 0.15) is 18.2 Å². The number of aliphatic hydroxyl groups excluding tert-OH is 1. The van der Waals surface area contributed by atoms with Gasteiger partial charge in [0.15, 0.2) is 6.23 Å². The monoisotopic (exact) mass is 224 g/mol. The molecule has 2 heterocycles. The molecule has 1 aromatic rings. The summed E-state index contributed by atoms with van der Waals surface area (Å²) >= 11 is 0. The Morgan fingerprint density at radius 2 is 2.31 bits per heavy atom. The van der Waals surface area contributed by atoms with E-state index in [-0.39, 0.29) is 12.2 Å². The maximum absolute atomic E-state index is 11.5. The summed E-state index contributed by atoms with van der Waals surface area (Å²) in [5, 5.41) is 9.43. The van der Waals surface area contributed by atoms with Crippen LogP contribution in [0.15, 0.2) is 28.1 Å². The van der Waals surface area contributed by atoms with Crippen molar-refractivity contribution in [3.63, 3.8) is 0 Å². The number of aromatic nitrogens is 2. The van der Waals surface area contributed by atoms with Crippen LogP contribution >= 0.6 is 0 Å². The maximum Gasteiger partial charge on any atom is 0.331 e. The van der Waals surface area contributed by atoms with E-state index in [9.17, 15) is 14.7 Å². The van der Waals surface area contributed by atoms with Gasteiger partial charge in [-0.05, 0) is 6.92 Å². The van der Waals surface area contributed by atoms with Crippen molar-refractivity contribution in [3.05, 3.63) is 44.9 Å². The van der Waals surface area contributed by atoms with Gasteiger partial charge >= 0.3 is 5.69 Å². The third kappa shape index (κ3) is 1.67. The van der Waals surface area contributed by atoms with Crippen LogP contribution in [0.3, 0.4) is 0 Å². The van der Waals surface area contributed by atoms with Crippen molar-refractivity contribution >= 4 is 0 Å². The Labute approximate surface area is 90.8 Å². The molecule has 1 fully saturated rings. The predicted molar refractivity (Wildman–Crippen MR) is 55.9 cm³/mol. The molecule has 2 N–H and O–H groups in total. The maximum atomic E-state index is 11.5. The molecule has 0 saturated carbocycles. The van der Waals surface area contributed by atoms with Gasteiger partial charge in [-0.3, -0.25) is 14.3 Å². The number of H-pyrrole nitrogens is 1. The third-order valence-electron chi connectivity index (χ3n) is 2.54. The summed E-state index contributed by atoms with van der Waals surface area (Å²) in [6.07, 6.45) is 0.288. The summed E-state index contributed by atoms with van der Waals surface area (Å²) in [4.78, 5) is 24.8. The van der Waals surface area contributed by atoms with Crippen LogP contribution in [0, 0.1) is 6.92 Å². The number of hydrogen-bond donors (Lipinski definition) is 2. The van der Waals surface area contributed by atoms with E-state index in [1.807, 2.05) is 0 Å². The molecule has 1 aliphatic rings. The van der Waals surface area contributed by atoms with Gasteiger partial charge in [-0.15, -0.1) is 0 Å². The molecule has 86 valence electrons. The number of hydrogen-bond acceptors (Lipinski definition) is 4. The standard InChI is InChI=1S/C10H12N2O4/c1-5-4-12(10(15)11-9(5)14)8-3-7(13)6(2)16-8/h4,7-8,13H,2-3H2,1H3,(H,11,14,15)/t7-,8+/m1/s1. The first-order valence-corrected chi connectivity index (χ1v) is 4.84. The van der Waals surface area contributed by atoms with Crippen molar-refractivity contribution in [1.82, 2.24) is 9.55 Å². The van der Waals surface area contributed by atoms with Crippen LogP contribution < -0.4 is 11.2 Å². The molecular formula is C10H12N2O4. The highest BCUT2D eigenvalue weighted by atomic mass is 16.5. The quantitative estimate of drug-likeness (QED) is 0.682. The number of ether oxygens (including phenoxy) is 1. The third-order valence-corrected chi connectivity index (χ3v) is 2.54. The van der Waals surface area contributed by atoms with Crippen LogP contribution in [-0.4, -0.2) is 20.8 Å². The molecular weight excluding hydrogens is 212 g/mol. The fourth-order valence-electron chi connectivity index (χ4n) is 1.59. The summed E-state index contributed by atoms with van der Waals surface area (Å²) in [5.41, 5.74) is -0.559. The number of rotatable bonds is 1.